The number of unbranched alkanes of at least 4 members (excludes halogenated alkanes) is 3. The molecule has 0 aromatic heterocycles. The van der Waals surface area contributed by atoms with Gasteiger partial charge in [0.15, 0.2) is 5.96 Å². The molecule has 10 heteroatoms. The van der Waals surface area contributed by atoms with Crippen molar-refractivity contribution in [3.63, 3.8) is 0 Å². The zero-order chi connectivity index (χ0) is 26.8. The van der Waals surface area contributed by atoms with Gasteiger partial charge in [0, 0.05) is 13.1 Å². The van der Waals surface area contributed by atoms with Crippen LogP contribution in [0, 0.1) is 0 Å². The Labute approximate surface area is 216 Å². The summed E-state index contributed by atoms with van der Waals surface area (Å²) >= 11 is 0. The number of ether oxygens (including phenoxy) is 1. The van der Waals surface area contributed by atoms with E-state index in [1.807, 2.05) is 42.5 Å². The molecular formula is C27H35N5O5. The zero-order valence-electron chi connectivity index (χ0n) is 21.2. The fraction of sp³-hybridized carbons (Fsp3) is 0.407. The molecule has 2 aromatic rings. The third kappa shape index (κ3) is 7.96. The lowest BCUT2D eigenvalue weighted by Gasteiger charge is -2.23. The summed E-state index contributed by atoms with van der Waals surface area (Å²) < 4.78 is 5.22. The number of carboxylic acids is 1. The number of anilines is 1. The van der Waals surface area contributed by atoms with Crippen LogP contribution in [0.2, 0.25) is 0 Å². The number of carbonyl (C=O) groups excluding carboxylic acids is 2. The monoisotopic (exact) mass is 509 g/mol. The van der Waals surface area contributed by atoms with Crippen LogP contribution in [0.15, 0.2) is 47.5 Å². The molecule has 0 saturated heterocycles. The molecule has 2 aromatic carbocycles. The van der Waals surface area contributed by atoms with Crippen molar-refractivity contribution in [3.8, 4) is 5.75 Å². The average Bonchev–Trinajstić information content (AvgIpc) is 2.97. The van der Waals surface area contributed by atoms with E-state index in [9.17, 15) is 14.4 Å². The lowest BCUT2D eigenvalue weighted by molar-refractivity contribution is -0.137. The Morgan fingerprint density at radius 3 is 2.41 bits per heavy atom. The molecule has 10 nitrogen and oxygen atoms in total. The molecular weight excluding hydrogens is 474 g/mol. The largest absolute Gasteiger partial charge is 0.497 e. The summed E-state index contributed by atoms with van der Waals surface area (Å²) in [5.74, 6) is -0.801. The van der Waals surface area contributed by atoms with Crippen LogP contribution in [-0.4, -0.2) is 60.5 Å². The highest BCUT2D eigenvalue weighted by atomic mass is 16.5. The fourth-order valence-corrected chi connectivity index (χ4v) is 4.27. The maximum Gasteiger partial charge on any atom is 0.305 e. The van der Waals surface area contributed by atoms with Crippen LogP contribution < -0.4 is 21.1 Å². The second-order valence-corrected chi connectivity index (χ2v) is 9.02. The maximum atomic E-state index is 13.4. The van der Waals surface area contributed by atoms with E-state index in [2.05, 4.69) is 4.99 Å². The number of nitrogens with zero attached hydrogens (tertiary/aromatic N) is 3. The molecule has 1 heterocycles. The Kier molecular flexibility index (Phi) is 9.88. The lowest BCUT2D eigenvalue weighted by atomic mass is 10.0. The molecule has 2 amide bonds. The summed E-state index contributed by atoms with van der Waals surface area (Å²) in [5.41, 5.74) is 13.5. The number of fused-ring (bicyclic) bond motifs is 1. The summed E-state index contributed by atoms with van der Waals surface area (Å²) in [6.45, 7) is 0.683. The van der Waals surface area contributed by atoms with E-state index in [0.717, 1.165) is 43.2 Å². The first-order valence-corrected chi connectivity index (χ1v) is 12.4. The molecule has 0 unspecified atom stereocenters. The van der Waals surface area contributed by atoms with Crippen molar-refractivity contribution in [3.05, 3.63) is 59.2 Å². The van der Waals surface area contributed by atoms with Gasteiger partial charge in [0.2, 0.25) is 5.91 Å². The molecule has 37 heavy (non-hydrogen) atoms. The van der Waals surface area contributed by atoms with E-state index in [-0.39, 0.29) is 43.8 Å². The van der Waals surface area contributed by atoms with E-state index < -0.39 is 5.97 Å². The summed E-state index contributed by atoms with van der Waals surface area (Å²) in [7, 11) is 1.59. The van der Waals surface area contributed by atoms with Crippen molar-refractivity contribution in [2.75, 3.05) is 31.6 Å². The van der Waals surface area contributed by atoms with E-state index >= 15 is 0 Å². The number of hydrogen-bond acceptors (Lipinski definition) is 5. The van der Waals surface area contributed by atoms with Gasteiger partial charge in [-0.1, -0.05) is 31.0 Å². The number of hydrogen-bond donors (Lipinski definition) is 3. The Morgan fingerprint density at radius 1 is 1.03 bits per heavy atom. The number of guanidine groups is 1. The number of nitrogens with two attached hydrogens (primary N) is 2. The van der Waals surface area contributed by atoms with Crippen molar-refractivity contribution >= 4 is 29.4 Å². The Hall–Kier alpha value is -4.08. The van der Waals surface area contributed by atoms with Crippen LogP contribution in [0.4, 0.5) is 5.69 Å². The molecule has 0 saturated carbocycles. The second kappa shape index (κ2) is 13.3. The van der Waals surface area contributed by atoms with Gasteiger partial charge in [0.25, 0.3) is 5.91 Å². The van der Waals surface area contributed by atoms with E-state index in [4.69, 9.17) is 21.3 Å². The van der Waals surface area contributed by atoms with Crippen LogP contribution in [-0.2, 0) is 22.6 Å². The van der Waals surface area contributed by atoms with Gasteiger partial charge in [0.1, 0.15) is 12.3 Å². The van der Waals surface area contributed by atoms with Gasteiger partial charge in [-0.25, -0.2) is 0 Å². The number of aliphatic imine (C=N–C) groups is 1. The van der Waals surface area contributed by atoms with E-state index in [1.54, 1.807) is 12.0 Å². The Morgan fingerprint density at radius 2 is 1.73 bits per heavy atom. The van der Waals surface area contributed by atoms with Crippen molar-refractivity contribution < 1.29 is 24.2 Å². The Balaban J connectivity index is 1.79. The quantitative estimate of drug-likeness (QED) is 0.213. The van der Waals surface area contributed by atoms with Gasteiger partial charge in [-0.05, 0) is 54.7 Å². The molecule has 0 aliphatic carbocycles. The van der Waals surface area contributed by atoms with Gasteiger partial charge in [0.05, 0.1) is 31.3 Å². The number of benzene rings is 2. The standard InChI is InChI=1S/C27H35N5O5/c1-37-21-10-7-20(8-11-21)17-32-23-12-9-19(6-4-2-3-5-14-30-27(28)29)16-22(23)26(36)31(18-24(32)33)15-13-25(34)35/h7-12,16H,2-6,13-15,17-18H2,1H3,(H,34,35)(H4,28,29,30). The summed E-state index contributed by atoms with van der Waals surface area (Å²) in [4.78, 5) is 44.8. The molecule has 3 rings (SSSR count). The number of amides is 2. The lowest BCUT2D eigenvalue weighted by Crippen LogP contribution is -2.40. The number of carbonyl (C=O) groups is 3. The van der Waals surface area contributed by atoms with Crippen molar-refractivity contribution in [1.82, 2.24) is 4.90 Å². The van der Waals surface area contributed by atoms with Gasteiger partial charge in [-0.2, -0.15) is 0 Å². The maximum absolute atomic E-state index is 13.4. The minimum Gasteiger partial charge on any atom is -0.497 e. The minimum absolute atomic E-state index is 0.0320. The highest BCUT2D eigenvalue weighted by Gasteiger charge is 2.32. The normalized spacial score (nSPS) is 13.2. The molecule has 1 aliphatic rings. The van der Waals surface area contributed by atoms with Crippen molar-refractivity contribution in [1.29, 1.82) is 0 Å². The number of methoxy groups -OCH3 is 1. The van der Waals surface area contributed by atoms with Crippen molar-refractivity contribution in [2.45, 2.75) is 45.1 Å². The summed E-state index contributed by atoms with van der Waals surface area (Å²) in [6, 6.07) is 13.0. The van der Waals surface area contributed by atoms with Gasteiger partial charge >= 0.3 is 5.97 Å². The zero-order valence-corrected chi connectivity index (χ0v) is 21.2. The van der Waals surface area contributed by atoms with Crippen LogP contribution in [0.3, 0.4) is 0 Å². The van der Waals surface area contributed by atoms with E-state index in [0.29, 0.717) is 23.5 Å². The van der Waals surface area contributed by atoms with Crippen LogP contribution in [0.5, 0.6) is 5.75 Å². The molecule has 0 radical (unpaired) electrons. The average molecular weight is 510 g/mol. The Bertz CT molecular complexity index is 1130. The number of rotatable bonds is 13. The molecule has 0 fully saturated rings. The third-order valence-corrected chi connectivity index (χ3v) is 6.26. The van der Waals surface area contributed by atoms with Crippen LogP contribution in [0.25, 0.3) is 0 Å². The van der Waals surface area contributed by atoms with Gasteiger partial charge in [-0.3, -0.25) is 19.4 Å². The topological polar surface area (TPSA) is 152 Å². The predicted molar refractivity (Wildman–Crippen MR) is 142 cm³/mol. The molecule has 198 valence electrons. The predicted octanol–water partition coefficient (Wildman–Crippen LogP) is 2.54. The van der Waals surface area contributed by atoms with Crippen LogP contribution in [0.1, 0.15) is 53.6 Å². The van der Waals surface area contributed by atoms with Crippen molar-refractivity contribution in [2.24, 2.45) is 16.5 Å². The molecule has 1 aliphatic heterocycles. The number of carboxylic acid groups (broad SMARTS) is 1. The second-order valence-electron chi connectivity index (χ2n) is 9.02. The first-order valence-electron chi connectivity index (χ1n) is 12.4. The summed E-state index contributed by atoms with van der Waals surface area (Å²) in [5, 5.41) is 9.13. The van der Waals surface area contributed by atoms with Gasteiger partial charge in [-0.15, -0.1) is 0 Å². The minimum atomic E-state index is -1.02. The number of aryl methyl sites for hydroxylation is 1. The summed E-state index contributed by atoms with van der Waals surface area (Å²) in [6.07, 6.45) is 4.38. The molecule has 5 N–H and O–H groups in total. The smallest absolute Gasteiger partial charge is 0.305 e. The fourth-order valence-electron chi connectivity index (χ4n) is 4.27. The molecule has 0 bridgehead atoms. The molecule has 0 spiro atoms. The SMILES string of the molecule is COc1ccc(CN2C(=O)CN(CCC(=O)O)C(=O)c3cc(CCCCCCN=C(N)N)ccc32)cc1. The first kappa shape index (κ1) is 27.5. The van der Waals surface area contributed by atoms with Crippen LogP contribution >= 0.6 is 0 Å². The highest BCUT2D eigenvalue weighted by Crippen LogP contribution is 2.29. The van der Waals surface area contributed by atoms with Gasteiger partial charge < -0.3 is 31.1 Å². The third-order valence-electron chi connectivity index (χ3n) is 6.26. The number of aliphatic carboxylic acids is 1. The molecule has 0 atom stereocenters. The van der Waals surface area contributed by atoms with E-state index in [1.165, 1.54) is 4.90 Å². The highest BCUT2D eigenvalue weighted by molar-refractivity contribution is 6.09. The first-order chi connectivity index (χ1) is 17.8.